The van der Waals surface area contributed by atoms with Gasteiger partial charge in [-0.1, -0.05) is 164 Å². The van der Waals surface area contributed by atoms with Gasteiger partial charge in [-0.25, -0.2) is 13.8 Å². The zero-order valence-electron chi connectivity index (χ0n) is 29.3. The minimum atomic E-state index is -0.320. The fourth-order valence-corrected chi connectivity index (χ4v) is 7.67. The van der Waals surface area contributed by atoms with Gasteiger partial charge >= 0.3 is 0 Å². The minimum Gasteiger partial charge on any atom is -0.246 e. The Labute approximate surface area is 313 Å². The second kappa shape index (κ2) is 14.2. The predicted molar refractivity (Wildman–Crippen MR) is 220 cm³/mol. The first kappa shape index (κ1) is 32.9. The van der Waals surface area contributed by atoms with E-state index in [1.165, 1.54) is 24.3 Å². The van der Waals surface area contributed by atoms with Crippen molar-refractivity contribution in [2.24, 2.45) is 0 Å². The van der Waals surface area contributed by atoms with E-state index in [4.69, 9.17) is 4.98 Å². The van der Waals surface area contributed by atoms with Gasteiger partial charge in [0, 0.05) is 33.0 Å². The molecular weight excluding hydrogens is 665 g/mol. The van der Waals surface area contributed by atoms with Crippen molar-refractivity contribution >= 4 is 10.8 Å². The van der Waals surface area contributed by atoms with Crippen LogP contribution in [0.1, 0.15) is 0 Å². The monoisotopic (exact) mass is 697 g/mol. The lowest BCUT2D eigenvalue weighted by molar-refractivity contribution is 0.627. The van der Waals surface area contributed by atoms with Crippen molar-refractivity contribution in [2.75, 3.05) is 0 Å². The van der Waals surface area contributed by atoms with Gasteiger partial charge in [0.15, 0.2) is 0 Å². The van der Waals surface area contributed by atoms with Crippen molar-refractivity contribution in [2.45, 2.75) is 0 Å². The lowest BCUT2D eigenvalue weighted by Crippen LogP contribution is -2.03. The van der Waals surface area contributed by atoms with Crippen LogP contribution in [0.15, 0.2) is 200 Å². The summed E-state index contributed by atoms with van der Waals surface area (Å²) in [5.41, 5.74) is 13.2. The van der Waals surface area contributed by atoms with Crippen LogP contribution >= 0.6 is 0 Å². The van der Waals surface area contributed by atoms with E-state index in [9.17, 15) is 8.78 Å². The van der Waals surface area contributed by atoms with Crippen molar-refractivity contribution in [3.63, 3.8) is 0 Å². The number of pyridine rings is 1. The smallest absolute Gasteiger partial charge is 0.123 e. The summed E-state index contributed by atoms with van der Waals surface area (Å²) in [7, 11) is 0. The lowest BCUT2D eigenvalue weighted by Gasteiger charge is -2.28. The molecular formula is C51H33F2N. The molecule has 0 bridgehead atoms. The van der Waals surface area contributed by atoms with Crippen LogP contribution in [-0.2, 0) is 0 Å². The molecule has 0 atom stereocenters. The molecule has 1 aromatic heterocycles. The predicted octanol–water partition coefficient (Wildman–Crippen LogP) is 14.2. The van der Waals surface area contributed by atoms with Crippen molar-refractivity contribution in [1.29, 1.82) is 0 Å². The highest BCUT2D eigenvalue weighted by Gasteiger charge is 2.30. The van der Waals surface area contributed by atoms with E-state index in [-0.39, 0.29) is 11.6 Å². The number of hydrogen-bond donors (Lipinski definition) is 0. The molecule has 0 spiro atoms. The highest BCUT2D eigenvalue weighted by atomic mass is 19.1. The first-order valence-electron chi connectivity index (χ1n) is 18.0. The van der Waals surface area contributed by atoms with Gasteiger partial charge in [0.05, 0.1) is 11.4 Å². The van der Waals surface area contributed by atoms with Crippen LogP contribution in [0.25, 0.3) is 88.9 Å². The summed E-state index contributed by atoms with van der Waals surface area (Å²) in [6.45, 7) is 0. The Morgan fingerprint density at radius 3 is 0.944 bits per heavy atom. The SMILES string of the molecule is Fc1ccc(-c2nc(-c3ccccc3)c(-c3ccc(F)cc3)c3c(-c4ccccc4)c(-c4ccccc4)c(-c4ccccc4)c(-c4ccccc4)c23)cc1. The molecule has 0 fully saturated rings. The standard InChI is InChI=1S/C51H33F2N/c52-41-30-26-38(27-31-41)47-48-45(36-20-10-3-11-21-36)43(34-16-6-1-7-17-34)44(35-18-8-2-9-19-35)46(37-22-12-4-13-23-37)49(48)51(40-28-32-42(53)33-29-40)54-50(47)39-24-14-5-15-25-39/h1-33H. The van der Waals surface area contributed by atoms with E-state index >= 15 is 0 Å². The Kier molecular flexibility index (Phi) is 8.66. The van der Waals surface area contributed by atoms with Crippen molar-refractivity contribution in [3.05, 3.63) is 212 Å². The Balaban J connectivity index is 1.66. The molecule has 3 heteroatoms. The Morgan fingerprint density at radius 2 is 0.537 bits per heavy atom. The van der Waals surface area contributed by atoms with Crippen molar-refractivity contribution < 1.29 is 8.78 Å². The minimum absolute atomic E-state index is 0.315. The number of benzene rings is 8. The highest BCUT2D eigenvalue weighted by Crippen LogP contribution is 2.56. The van der Waals surface area contributed by atoms with Gasteiger partial charge in [-0.05, 0) is 80.9 Å². The molecule has 0 aliphatic heterocycles. The topological polar surface area (TPSA) is 12.9 Å². The third-order valence-electron chi connectivity index (χ3n) is 9.99. The van der Waals surface area contributed by atoms with Crippen LogP contribution in [-0.4, -0.2) is 4.98 Å². The van der Waals surface area contributed by atoms with E-state index < -0.39 is 0 Å². The lowest BCUT2D eigenvalue weighted by atomic mass is 9.76. The quantitative estimate of drug-likeness (QED) is 0.162. The zero-order chi connectivity index (χ0) is 36.4. The summed E-state index contributed by atoms with van der Waals surface area (Å²) in [6.07, 6.45) is 0. The summed E-state index contributed by atoms with van der Waals surface area (Å²) >= 11 is 0. The highest BCUT2D eigenvalue weighted by molar-refractivity contribution is 6.26. The molecule has 9 rings (SSSR count). The number of fused-ring (bicyclic) bond motifs is 1. The largest absolute Gasteiger partial charge is 0.246 e. The third kappa shape index (κ3) is 5.96. The molecule has 256 valence electrons. The van der Waals surface area contributed by atoms with Crippen LogP contribution in [0.3, 0.4) is 0 Å². The van der Waals surface area contributed by atoms with E-state index in [0.29, 0.717) is 0 Å². The fourth-order valence-electron chi connectivity index (χ4n) is 7.67. The number of nitrogens with zero attached hydrogens (tertiary/aromatic N) is 1. The molecule has 0 radical (unpaired) electrons. The molecule has 1 heterocycles. The molecule has 0 saturated carbocycles. The molecule has 8 aromatic carbocycles. The fraction of sp³-hybridized carbons (Fsp3) is 0. The molecule has 0 aliphatic carbocycles. The number of halogens is 2. The Hall–Kier alpha value is -6.97. The van der Waals surface area contributed by atoms with Gasteiger partial charge in [-0.15, -0.1) is 0 Å². The number of rotatable bonds is 7. The summed E-state index contributed by atoms with van der Waals surface area (Å²) in [4.78, 5) is 5.61. The average molecular weight is 698 g/mol. The summed E-state index contributed by atoms with van der Waals surface area (Å²) in [5.74, 6) is -0.635. The van der Waals surface area contributed by atoms with Crippen LogP contribution < -0.4 is 0 Å². The first-order valence-corrected chi connectivity index (χ1v) is 18.0. The first-order chi connectivity index (χ1) is 26.7. The molecule has 1 nitrogen and oxygen atoms in total. The molecule has 0 amide bonds. The second-order valence-corrected chi connectivity index (χ2v) is 13.3. The molecule has 9 aromatic rings. The van der Waals surface area contributed by atoms with Gasteiger partial charge < -0.3 is 0 Å². The molecule has 0 aliphatic rings. The number of aromatic nitrogens is 1. The van der Waals surface area contributed by atoms with E-state index in [1.807, 2.05) is 66.7 Å². The normalized spacial score (nSPS) is 11.1. The Bertz CT molecular complexity index is 2710. The maximum absolute atomic E-state index is 14.8. The van der Waals surface area contributed by atoms with Crippen LogP contribution in [0.5, 0.6) is 0 Å². The van der Waals surface area contributed by atoms with Gasteiger partial charge in [0.1, 0.15) is 11.6 Å². The van der Waals surface area contributed by atoms with Crippen LogP contribution in [0.2, 0.25) is 0 Å². The summed E-state index contributed by atoms with van der Waals surface area (Å²) < 4.78 is 29.5. The maximum atomic E-state index is 14.8. The van der Waals surface area contributed by atoms with Crippen LogP contribution in [0.4, 0.5) is 8.78 Å². The van der Waals surface area contributed by atoms with E-state index in [0.717, 1.165) is 88.9 Å². The van der Waals surface area contributed by atoms with Crippen molar-refractivity contribution in [3.8, 4) is 78.1 Å². The van der Waals surface area contributed by atoms with E-state index in [2.05, 4.69) is 109 Å². The van der Waals surface area contributed by atoms with Gasteiger partial charge in [0.2, 0.25) is 0 Å². The van der Waals surface area contributed by atoms with Crippen molar-refractivity contribution in [1.82, 2.24) is 4.98 Å². The molecule has 54 heavy (non-hydrogen) atoms. The third-order valence-corrected chi connectivity index (χ3v) is 9.99. The zero-order valence-corrected chi connectivity index (χ0v) is 29.3. The van der Waals surface area contributed by atoms with Gasteiger partial charge in [0.25, 0.3) is 0 Å². The summed E-state index contributed by atoms with van der Waals surface area (Å²) in [5, 5.41) is 1.89. The van der Waals surface area contributed by atoms with E-state index in [1.54, 1.807) is 0 Å². The Morgan fingerprint density at radius 1 is 0.241 bits per heavy atom. The van der Waals surface area contributed by atoms with Crippen LogP contribution in [0, 0.1) is 11.6 Å². The average Bonchev–Trinajstić information content (AvgIpc) is 3.24. The van der Waals surface area contributed by atoms with Gasteiger partial charge in [-0.2, -0.15) is 0 Å². The molecule has 0 N–H and O–H groups in total. The van der Waals surface area contributed by atoms with Gasteiger partial charge in [-0.3, -0.25) is 0 Å². The number of hydrogen-bond acceptors (Lipinski definition) is 1. The second-order valence-electron chi connectivity index (χ2n) is 13.3. The summed E-state index contributed by atoms with van der Waals surface area (Å²) in [6, 6.07) is 65.5. The maximum Gasteiger partial charge on any atom is 0.123 e. The molecule has 0 saturated heterocycles. The molecule has 0 unspecified atom stereocenters.